The molecule has 0 aliphatic heterocycles. The second kappa shape index (κ2) is 7.50. The van der Waals surface area contributed by atoms with E-state index in [0.29, 0.717) is 11.4 Å². The molecule has 2 aromatic heterocycles. The number of nitrogens with two attached hydrogens (primary N) is 1. The monoisotopic (exact) mass is 373 g/mol. The van der Waals surface area contributed by atoms with E-state index in [0.717, 1.165) is 15.9 Å². The van der Waals surface area contributed by atoms with Crippen LogP contribution in [-0.4, -0.2) is 39.7 Å². The summed E-state index contributed by atoms with van der Waals surface area (Å²) in [6.45, 7) is 7.55. The van der Waals surface area contributed by atoms with Crippen LogP contribution in [0.3, 0.4) is 0 Å². The van der Waals surface area contributed by atoms with Gasteiger partial charge in [-0.1, -0.05) is 0 Å². The average molecular weight is 374 g/mol. The lowest BCUT2D eigenvalue weighted by atomic mass is 10.1. The van der Waals surface area contributed by atoms with Crippen LogP contribution in [0.5, 0.6) is 0 Å². The first-order valence-electron chi connectivity index (χ1n) is 7.39. The fourth-order valence-electron chi connectivity index (χ4n) is 2.12. The summed E-state index contributed by atoms with van der Waals surface area (Å²) in [5.41, 5.74) is 6.22. The van der Waals surface area contributed by atoms with E-state index in [1.165, 1.54) is 11.3 Å². The number of rotatable bonds is 5. The van der Waals surface area contributed by atoms with Gasteiger partial charge < -0.3 is 16.4 Å². The Morgan fingerprint density at radius 1 is 1.46 bits per heavy atom. The van der Waals surface area contributed by atoms with E-state index in [9.17, 15) is 9.59 Å². The molecule has 0 spiro atoms. The number of aromatic nitrogens is 2. The lowest BCUT2D eigenvalue weighted by Crippen LogP contribution is -2.50. The Bertz CT molecular complexity index is 712. The second-order valence-corrected chi connectivity index (χ2v) is 7.47. The highest BCUT2D eigenvalue weighted by atomic mass is 35.5. The normalized spacial score (nSPS) is 12.6. The van der Waals surface area contributed by atoms with Gasteiger partial charge in [-0.15, -0.1) is 23.7 Å². The molecule has 0 fully saturated rings. The highest BCUT2D eigenvalue weighted by Gasteiger charge is 2.21. The molecule has 7 nitrogen and oxygen atoms in total. The first-order chi connectivity index (χ1) is 10.6. The molecule has 0 aromatic carbocycles. The molecule has 9 heteroatoms. The molecule has 24 heavy (non-hydrogen) atoms. The highest BCUT2D eigenvalue weighted by molar-refractivity contribution is 7.20. The molecule has 134 valence electrons. The average Bonchev–Trinajstić information content (AvgIpc) is 2.98. The largest absolute Gasteiger partial charge is 0.353 e. The fourth-order valence-corrected chi connectivity index (χ4v) is 3.14. The topological polar surface area (TPSA) is 102 Å². The van der Waals surface area contributed by atoms with Gasteiger partial charge in [0.2, 0.25) is 5.91 Å². The Labute approximate surface area is 151 Å². The summed E-state index contributed by atoms with van der Waals surface area (Å²) in [7, 11) is 1.85. The number of carbonyl (C=O) groups excluding carboxylic acids is 2. The van der Waals surface area contributed by atoms with Crippen molar-refractivity contribution >= 4 is 45.8 Å². The molecule has 2 aromatic rings. The van der Waals surface area contributed by atoms with Gasteiger partial charge >= 0.3 is 0 Å². The number of thiophene rings is 1. The molecule has 0 bridgehead atoms. The van der Waals surface area contributed by atoms with E-state index >= 15 is 0 Å². The Hall–Kier alpha value is -1.64. The highest BCUT2D eigenvalue weighted by Crippen LogP contribution is 2.27. The maximum absolute atomic E-state index is 12.3. The van der Waals surface area contributed by atoms with Crippen molar-refractivity contribution in [2.24, 2.45) is 12.8 Å². The molecular weight excluding hydrogens is 350 g/mol. The maximum Gasteiger partial charge on any atom is 0.262 e. The van der Waals surface area contributed by atoms with E-state index in [1.54, 1.807) is 11.6 Å². The van der Waals surface area contributed by atoms with Crippen LogP contribution in [0.1, 0.15) is 36.1 Å². The number of fused-ring (bicyclic) bond motifs is 1. The number of halogens is 1. The van der Waals surface area contributed by atoms with Crippen LogP contribution in [0.2, 0.25) is 0 Å². The SMILES string of the molecule is Cc1nn(C)c2sc(C(=O)NC(C)C(=O)NCC(C)(C)N)cc12.Cl. The summed E-state index contributed by atoms with van der Waals surface area (Å²) in [5.74, 6) is -0.518. The van der Waals surface area contributed by atoms with Crippen LogP contribution in [0.4, 0.5) is 0 Å². The van der Waals surface area contributed by atoms with Gasteiger partial charge in [0.05, 0.1) is 10.6 Å². The molecule has 0 saturated heterocycles. The number of hydrogen-bond acceptors (Lipinski definition) is 5. The summed E-state index contributed by atoms with van der Waals surface area (Å²) in [5, 5.41) is 10.7. The quantitative estimate of drug-likeness (QED) is 0.735. The van der Waals surface area contributed by atoms with Gasteiger partial charge in [0.25, 0.3) is 5.91 Å². The first-order valence-corrected chi connectivity index (χ1v) is 8.21. The Morgan fingerprint density at radius 3 is 2.62 bits per heavy atom. The van der Waals surface area contributed by atoms with Crippen molar-refractivity contribution in [1.29, 1.82) is 0 Å². The predicted molar refractivity (Wildman–Crippen MR) is 98.8 cm³/mol. The third-order valence-electron chi connectivity index (χ3n) is 3.38. The molecule has 0 aliphatic carbocycles. The van der Waals surface area contributed by atoms with Gasteiger partial charge in [0.15, 0.2) is 0 Å². The molecule has 2 amide bonds. The Balaban J connectivity index is 0.00000288. The molecular formula is C15H24ClN5O2S. The molecule has 1 unspecified atom stereocenters. The third kappa shape index (κ3) is 4.68. The van der Waals surface area contributed by atoms with Crippen molar-refractivity contribution < 1.29 is 9.59 Å². The Morgan fingerprint density at radius 2 is 2.08 bits per heavy atom. The number of aryl methyl sites for hydroxylation is 2. The molecule has 0 radical (unpaired) electrons. The van der Waals surface area contributed by atoms with Crippen molar-refractivity contribution in [2.45, 2.75) is 39.3 Å². The van der Waals surface area contributed by atoms with Crippen LogP contribution in [0, 0.1) is 6.92 Å². The van der Waals surface area contributed by atoms with Gasteiger partial charge in [0.1, 0.15) is 10.9 Å². The van der Waals surface area contributed by atoms with Crippen LogP contribution in [0.15, 0.2) is 6.07 Å². The third-order valence-corrected chi connectivity index (χ3v) is 4.58. The minimum Gasteiger partial charge on any atom is -0.353 e. The molecule has 2 heterocycles. The van der Waals surface area contributed by atoms with Gasteiger partial charge in [-0.05, 0) is 33.8 Å². The zero-order valence-corrected chi connectivity index (χ0v) is 16.1. The molecule has 4 N–H and O–H groups in total. The first kappa shape index (κ1) is 20.4. The van der Waals surface area contributed by atoms with Gasteiger partial charge in [0, 0.05) is 24.5 Å². The molecule has 2 rings (SSSR count). The van der Waals surface area contributed by atoms with Crippen molar-refractivity contribution in [3.05, 3.63) is 16.6 Å². The van der Waals surface area contributed by atoms with E-state index in [-0.39, 0.29) is 24.2 Å². The molecule has 0 aliphatic rings. The number of amides is 2. The van der Waals surface area contributed by atoms with Crippen LogP contribution in [-0.2, 0) is 11.8 Å². The standard InChI is InChI=1S/C15H23N5O2S.ClH/c1-8-10-6-11(23-14(10)20(5)19-8)13(22)18-9(2)12(21)17-7-15(3,4)16;/h6,9H,7,16H2,1-5H3,(H,17,21)(H,18,22);1H. The second-order valence-electron chi connectivity index (χ2n) is 6.44. The van der Waals surface area contributed by atoms with Crippen molar-refractivity contribution in [3.63, 3.8) is 0 Å². The van der Waals surface area contributed by atoms with E-state index in [2.05, 4.69) is 15.7 Å². The van der Waals surface area contributed by atoms with Gasteiger partial charge in [-0.2, -0.15) is 5.10 Å². The summed E-state index contributed by atoms with van der Waals surface area (Å²) < 4.78 is 1.76. The van der Waals surface area contributed by atoms with Crippen molar-refractivity contribution in [1.82, 2.24) is 20.4 Å². The summed E-state index contributed by atoms with van der Waals surface area (Å²) in [4.78, 5) is 25.8. The number of carbonyl (C=O) groups is 2. The number of nitrogens with one attached hydrogen (secondary N) is 2. The number of hydrogen-bond donors (Lipinski definition) is 3. The fraction of sp³-hybridized carbons (Fsp3) is 0.533. The smallest absolute Gasteiger partial charge is 0.262 e. The van der Waals surface area contributed by atoms with Crippen molar-refractivity contribution in [2.75, 3.05) is 6.54 Å². The lowest BCUT2D eigenvalue weighted by molar-refractivity contribution is -0.122. The van der Waals surface area contributed by atoms with E-state index in [4.69, 9.17) is 5.73 Å². The minimum atomic E-state index is -0.630. The van der Waals surface area contributed by atoms with Crippen LogP contribution >= 0.6 is 23.7 Å². The lowest BCUT2D eigenvalue weighted by Gasteiger charge is -2.21. The summed E-state index contributed by atoms with van der Waals surface area (Å²) in [6, 6.07) is 1.18. The predicted octanol–water partition coefficient (Wildman–Crippen LogP) is 1.34. The van der Waals surface area contributed by atoms with E-state index < -0.39 is 11.6 Å². The maximum atomic E-state index is 12.3. The molecule has 1 atom stereocenters. The van der Waals surface area contributed by atoms with Gasteiger partial charge in [-0.3, -0.25) is 14.3 Å². The van der Waals surface area contributed by atoms with E-state index in [1.807, 2.05) is 33.9 Å². The zero-order valence-electron chi connectivity index (χ0n) is 14.5. The van der Waals surface area contributed by atoms with Crippen LogP contribution in [0.25, 0.3) is 10.2 Å². The van der Waals surface area contributed by atoms with Crippen LogP contribution < -0.4 is 16.4 Å². The minimum absolute atomic E-state index is 0. The zero-order chi connectivity index (χ0) is 17.4. The summed E-state index contributed by atoms with van der Waals surface area (Å²) in [6.07, 6.45) is 0. The summed E-state index contributed by atoms with van der Waals surface area (Å²) >= 11 is 1.36. The molecule has 0 saturated carbocycles. The number of nitrogens with zero attached hydrogens (tertiary/aromatic N) is 2. The van der Waals surface area contributed by atoms with Gasteiger partial charge in [-0.25, -0.2) is 0 Å². The van der Waals surface area contributed by atoms with Crippen molar-refractivity contribution in [3.8, 4) is 0 Å². The Kier molecular flexibility index (Phi) is 6.38.